The maximum absolute atomic E-state index is 12.6. The molecule has 29 heavy (non-hydrogen) atoms. The zero-order chi connectivity index (χ0) is 20.2. The molecule has 2 aromatic rings. The zero-order valence-corrected chi connectivity index (χ0v) is 17.6. The van der Waals surface area contributed by atoms with Crippen molar-refractivity contribution in [1.82, 2.24) is 19.8 Å². The minimum atomic E-state index is -0.102. The number of rotatable bonds is 5. The third-order valence-corrected chi connectivity index (χ3v) is 6.13. The summed E-state index contributed by atoms with van der Waals surface area (Å²) in [5.74, 6) is 0.571. The fourth-order valence-electron chi connectivity index (χ4n) is 4.37. The van der Waals surface area contributed by atoms with Gasteiger partial charge in [-0.15, -0.1) is 0 Å². The molecular weight excluding hydrogens is 366 g/mol. The van der Waals surface area contributed by atoms with E-state index < -0.39 is 0 Å². The number of carbonyl (C=O) groups is 1. The van der Waals surface area contributed by atoms with E-state index in [2.05, 4.69) is 40.0 Å². The Bertz CT molecular complexity index is 820. The third kappa shape index (κ3) is 4.56. The van der Waals surface area contributed by atoms with Gasteiger partial charge >= 0.3 is 6.03 Å². The van der Waals surface area contributed by atoms with Crippen molar-refractivity contribution < 1.29 is 9.53 Å². The lowest BCUT2D eigenvalue weighted by atomic mass is 10.1. The van der Waals surface area contributed by atoms with E-state index in [1.54, 1.807) is 10.9 Å². The number of anilines is 1. The Morgan fingerprint density at radius 3 is 2.69 bits per heavy atom. The monoisotopic (exact) mass is 399 g/mol. The van der Waals surface area contributed by atoms with Gasteiger partial charge in [-0.1, -0.05) is 19.9 Å². The number of ether oxygens (including phenoxy) is 1. The minimum Gasteiger partial charge on any atom is -0.381 e. The van der Waals surface area contributed by atoms with E-state index in [-0.39, 0.29) is 6.03 Å². The van der Waals surface area contributed by atoms with Gasteiger partial charge in [-0.3, -0.25) is 9.47 Å². The summed E-state index contributed by atoms with van der Waals surface area (Å²) in [6.45, 7) is 10.9. The number of aromatic nitrogens is 2. The average molecular weight is 400 g/mol. The predicted octanol–water partition coefficient (Wildman–Crippen LogP) is 2.94. The maximum Gasteiger partial charge on any atom is 0.327 e. The second kappa shape index (κ2) is 9.13. The van der Waals surface area contributed by atoms with Crippen LogP contribution in [-0.4, -0.2) is 72.5 Å². The smallest absolute Gasteiger partial charge is 0.327 e. The molecule has 1 aromatic carbocycles. The number of imidazole rings is 1. The quantitative estimate of drug-likeness (QED) is 0.838. The summed E-state index contributed by atoms with van der Waals surface area (Å²) in [7, 11) is 0. The molecule has 4 rings (SSSR count). The topological polar surface area (TPSA) is 62.6 Å². The largest absolute Gasteiger partial charge is 0.381 e. The molecule has 2 fully saturated rings. The highest BCUT2D eigenvalue weighted by atomic mass is 16.5. The number of carbonyl (C=O) groups excluding carboxylic acids is 1. The molecule has 0 bridgehead atoms. The molecule has 0 radical (unpaired) electrons. The van der Waals surface area contributed by atoms with Gasteiger partial charge in [0.25, 0.3) is 0 Å². The van der Waals surface area contributed by atoms with Crippen molar-refractivity contribution in [2.24, 2.45) is 5.92 Å². The van der Waals surface area contributed by atoms with E-state index in [1.165, 1.54) is 0 Å². The first-order chi connectivity index (χ1) is 14.1. The molecule has 0 aliphatic carbocycles. The van der Waals surface area contributed by atoms with Gasteiger partial charge in [-0.25, -0.2) is 9.78 Å². The molecule has 1 amide bonds. The average Bonchev–Trinajstić information content (AvgIpc) is 3.18. The van der Waals surface area contributed by atoms with E-state index in [1.807, 2.05) is 12.1 Å². The van der Waals surface area contributed by atoms with E-state index in [9.17, 15) is 4.79 Å². The highest BCUT2D eigenvalue weighted by molar-refractivity contribution is 5.95. The Morgan fingerprint density at radius 1 is 1.21 bits per heavy atom. The molecule has 3 heterocycles. The van der Waals surface area contributed by atoms with Crippen LogP contribution < -0.4 is 10.2 Å². The van der Waals surface area contributed by atoms with Crippen molar-refractivity contribution in [3.8, 4) is 0 Å². The van der Waals surface area contributed by atoms with Crippen LogP contribution in [0.25, 0.3) is 11.0 Å². The van der Waals surface area contributed by atoms with Gasteiger partial charge in [0.15, 0.2) is 0 Å². The highest BCUT2D eigenvalue weighted by Crippen LogP contribution is 2.27. The summed E-state index contributed by atoms with van der Waals surface area (Å²) in [5.41, 5.74) is 2.91. The molecule has 1 aromatic heterocycles. The number of nitrogens with zero attached hydrogens (tertiary/aromatic N) is 4. The first-order valence-electron chi connectivity index (χ1n) is 10.9. The number of benzene rings is 1. The van der Waals surface area contributed by atoms with Crippen LogP contribution >= 0.6 is 0 Å². The summed E-state index contributed by atoms with van der Waals surface area (Å²) < 4.78 is 7.14. The molecule has 2 saturated heterocycles. The molecule has 1 N–H and O–H groups in total. The van der Waals surface area contributed by atoms with Gasteiger partial charge in [-0.2, -0.15) is 0 Å². The van der Waals surface area contributed by atoms with Crippen LogP contribution in [-0.2, 0) is 4.74 Å². The summed E-state index contributed by atoms with van der Waals surface area (Å²) in [5, 5.41) is 3.00. The lowest BCUT2D eigenvalue weighted by Gasteiger charge is -2.41. The molecule has 0 atom stereocenters. The molecule has 2 aliphatic rings. The van der Waals surface area contributed by atoms with Crippen LogP contribution in [0.4, 0.5) is 10.5 Å². The Balaban J connectivity index is 1.43. The van der Waals surface area contributed by atoms with Crippen LogP contribution in [0.5, 0.6) is 0 Å². The Labute approximate surface area is 173 Å². The number of para-hydroxylation sites is 1. The third-order valence-electron chi connectivity index (χ3n) is 6.13. The van der Waals surface area contributed by atoms with E-state index >= 15 is 0 Å². The van der Waals surface area contributed by atoms with Crippen molar-refractivity contribution in [2.45, 2.75) is 39.2 Å². The van der Waals surface area contributed by atoms with Crippen molar-refractivity contribution in [2.75, 3.05) is 50.8 Å². The molecule has 158 valence electrons. The number of hydrogen-bond donors (Lipinski definition) is 1. The molecule has 2 aliphatic heterocycles. The first-order valence-corrected chi connectivity index (χ1v) is 10.9. The Morgan fingerprint density at radius 2 is 1.97 bits per heavy atom. The second-order valence-electron chi connectivity index (χ2n) is 8.54. The SMILES string of the molecule is CC(C)CCNC(=O)n1cnc2c(N3CCN(C4CCOCC4)CC3)cccc21. The Hall–Kier alpha value is -2.12. The van der Waals surface area contributed by atoms with Crippen molar-refractivity contribution in [3.63, 3.8) is 0 Å². The van der Waals surface area contributed by atoms with Crippen LogP contribution in [0.15, 0.2) is 24.5 Å². The van der Waals surface area contributed by atoms with E-state index in [0.717, 1.165) is 75.4 Å². The van der Waals surface area contributed by atoms with Gasteiger partial charge < -0.3 is 15.0 Å². The van der Waals surface area contributed by atoms with E-state index in [0.29, 0.717) is 18.5 Å². The zero-order valence-electron chi connectivity index (χ0n) is 17.6. The van der Waals surface area contributed by atoms with Gasteiger partial charge in [0, 0.05) is 52.0 Å². The van der Waals surface area contributed by atoms with Gasteiger partial charge in [0.05, 0.1) is 11.2 Å². The molecule has 7 nitrogen and oxygen atoms in total. The fraction of sp³-hybridized carbons (Fsp3) is 0.636. The molecule has 0 unspecified atom stereocenters. The van der Waals surface area contributed by atoms with Crippen molar-refractivity contribution >= 4 is 22.8 Å². The Kier molecular flexibility index (Phi) is 6.35. The number of nitrogens with one attached hydrogen (secondary N) is 1. The summed E-state index contributed by atoms with van der Waals surface area (Å²) in [6.07, 6.45) is 4.91. The van der Waals surface area contributed by atoms with Crippen molar-refractivity contribution in [1.29, 1.82) is 0 Å². The van der Waals surface area contributed by atoms with Crippen molar-refractivity contribution in [3.05, 3.63) is 24.5 Å². The minimum absolute atomic E-state index is 0.102. The number of fused-ring (bicyclic) bond motifs is 1. The number of amides is 1. The number of piperazine rings is 1. The fourth-order valence-corrected chi connectivity index (χ4v) is 4.37. The molecule has 0 spiro atoms. The van der Waals surface area contributed by atoms with Crippen LogP contribution in [0.3, 0.4) is 0 Å². The number of hydrogen-bond acceptors (Lipinski definition) is 5. The highest BCUT2D eigenvalue weighted by Gasteiger charge is 2.26. The summed E-state index contributed by atoms with van der Waals surface area (Å²) >= 11 is 0. The van der Waals surface area contributed by atoms with Crippen LogP contribution in [0.2, 0.25) is 0 Å². The van der Waals surface area contributed by atoms with Gasteiger partial charge in [0.2, 0.25) is 0 Å². The summed E-state index contributed by atoms with van der Waals surface area (Å²) in [6, 6.07) is 6.69. The van der Waals surface area contributed by atoms with Gasteiger partial charge in [-0.05, 0) is 37.3 Å². The van der Waals surface area contributed by atoms with Crippen LogP contribution in [0, 0.1) is 5.92 Å². The summed E-state index contributed by atoms with van der Waals surface area (Å²) in [4.78, 5) is 22.2. The molecule has 0 saturated carbocycles. The second-order valence-corrected chi connectivity index (χ2v) is 8.54. The first kappa shape index (κ1) is 20.2. The van der Waals surface area contributed by atoms with E-state index in [4.69, 9.17) is 4.74 Å². The van der Waals surface area contributed by atoms with Crippen LogP contribution in [0.1, 0.15) is 33.1 Å². The lowest BCUT2D eigenvalue weighted by molar-refractivity contribution is 0.0321. The maximum atomic E-state index is 12.6. The normalized spacial score (nSPS) is 19.2. The van der Waals surface area contributed by atoms with Gasteiger partial charge in [0.1, 0.15) is 11.8 Å². The standard InChI is InChI=1S/C22H33N5O2/c1-17(2)6-9-23-22(28)27-16-24-21-19(4-3-5-20(21)27)26-12-10-25(11-13-26)18-7-14-29-15-8-18/h3-5,16-18H,6-15H2,1-2H3,(H,23,28). The lowest BCUT2D eigenvalue weighted by Crippen LogP contribution is -2.51. The molecule has 7 heteroatoms. The molecular formula is C22H33N5O2. The predicted molar refractivity (Wildman–Crippen MR) is 116 cm³/mol.